The highest BCUT2D eigenvalue weighted by atomic mass is 19.1. The molecule has 0 aromatic heterocycles. The summed E-state index contributed by atoms with van der Waals surface area (Å²) in [5.74, 6) is -0.0889. The number of benzene rings is 1. The van der Waals surface area contributed by atoms with Crippen molar-refractivity contribution >= 4 is 5.91 Å². The van der Waals surface area contributed by atoms with Crippen molar-refractivity contribution < 1.29 is 13.9 Å². The van der Waals surface area contributed by atoms with Crippen LogP contribution in [0.3, 0.4) is 0 Å². The molecule has 0 N–H and O–H groups in total. The van der Waals surface area contributed by atoms with Gasteiger partial charge in [0.1, 0.15) is 12.4 Å². The van der Waals surface area contributed by atoms with Crippen LogP contribution in [0.1, 0.15) is 31.7 Å². The number of carbonyl (C=O) groups is 1. The van der Waals surface area contributed by atoms with E-state index in [0.29, 0.717) is 6.54 Å². The maximum atomic E-state index is 13.0. The fraction of sp³-hybridized carbons (Fsp3) is 0.611. The third-order valence-electron chi connectivity index (χ3n) is 5.03. The summed E-state index contributed by atoms with van der Waals surface area (Å²) in [7, 11) is 0. The topological polar surface area (TPSA) is 32.8 Å². The Morgan fingerprint density at radius 1 is 1.22 bits per heavy atom. The summed E-state index contributed by atoms with van der Waals surface area (Å²) < 4.78 is 19.0. The third kappa shape index (κ3) is 3.90. The van der Waals surface area contributed by atoms with Gasteiger partial charge in [0.15, 0.2) is 0 Å². The van der Waals surface area contributed by atoms with Crippen molar-refractivity contribution in [2.45, 2.75) is 38.3 Å². The molecule has 1 spiro atoms. The molecular weight excluding hydrogens is 295 g/mol. The van der Waals surface area contributed by atoms with Gasteiger partial charge >= 0.3 is 0 Å². The molecule has 126 valence electrons. The van der Waals surface area contributed by atoms with Crippen LogP contribution in [-0.4, -0.2) is 54.1 Å². The normalized spacial score (nSPS) is 26.5. The van der Waals surface area contributed by atoms with E-state index in [1.54, 1.807) is 0 Å². The van der Waals surface area contributed by atoms with Crippen LogP contribution in [0.4, 0.5) is 4.39 Å². The van der Waals surface area contributed by atoms with E-state index in [1.165, 1.54) is 12.1 Å². The molecule has 2 aliphatic rings. The van der Waals surface area contributed by atoms with E-state index < -0.39 is 0 Å². The number of likely N-dealkylation sites (N-methyl/N-ethyl adjacent to an activating group) is 1. The predicted molar refractivity (Wildman–Crippen MR) is 86.5 cm³/mol. The highest BCUT2D eigenvalue weighted by molar-refractivity contribution is 5.78. The Bertz CT molecular complexity index is 548. The Hall–Kier alpha value is -1.46. The van der Waals surface area contributed by atoms with Crippen LogP contribution in [0.15, 0.2) is 24.3 Å². The molecule has 0 radical (unpaired) electrons. The van der Waals surface area contributed by atoms with Crippen LogP contribution in [0, 0.1) is 5.82 Å². The minimum Gasteiger partial charge on any atom is -0.363 e. The summed E-state index contributed by atoms with van der Waals surface area (Å²) in [6, 6.07) is 6.74. The Kier molecular flexibility index (Phi) is 4.97. The molecule has 3 rings (SSSR count). The fourth-order valence-corrected chi connectivity index (χ4v) is 3.61. The van der Waals surface area contributed by atoms with Gasteiger partial charge in [-0.2, -0.15) is 0 Å². The largest absolute Gasteiger partial charge is 0.363 e. The van der Waals surface area contributed by atoms with Gasteiger partial charge in [-0.1, -0.05) is 12.1 Å². The lowest BCUT2D eigenvalue weighted by Crippen LogP contribution is -2.54. The average molecular weight is 320 g/mol. The first-order valence-electron chi connectivity index (χ1n) is 8.49. The molecule has 5 heteroatoms. The quantitative estimate of drug-likeness (QED) is 0.857. The van der Waals surface area contributed by atoms with Crippen molar-refractivity contribution in [3.8, 4) is 0 Å². The summed E-state index contributed by atoms with van der Waals surface area (Å²) in [6.07, 6.45) is 3.00. The summed E-state index contributed by atoms with van der Waals surface area (Å²) in [5.41, 5.74) is 0.957. The SMILES string of the molecule is CCN1C[C@]2(CCCN(Cc3ccc(F)cc3)CC2)OCC1=O. The molecular formula is C18H25FN2O2. The monoisotopic (exact) mass is 320 g/mol. The van der Waals surface area contributed by atoms with E-state index in [0.717, 1.165) is 51.0 Å². The van der Waals surface area contributed by atoms with Gasteiger partial charge in [0.25, 0.3) is 0 Å². The molecule has 1 aromatic carbocycles. The molecule has 23 heavy (non-hydrogen) atoms. The zero-order valence-electron chi connectivity index (χ0n) is 13.8. The molecule has 2 heterocycles. The van der Waals surface area contributed by atoms with Crippen molar-refractivity contribution in [3.05, 3.63) is 35.6 Å². The van der Waals surface area contributed by atoms with Gasteiger partial charge in [0, 0.05) is 26.2 Å². The van der Waals surface area contributed by atoms with Crippen LogP contribution in [0.25, 0.3) is 0 Å². The van der Waals surface area contributed by atoms with Crippen LogP contribution in [-0.2, 0) is 16.1 Å². The van der Waals surface area contributed by atoms with Crippen LogP contribution in [0.2, 0.25) is 0 Å². The first-order valence-corrected chi connectivity index (χ1v) is 8.49. The lowest BCUT2D eigenvalue weighted by atomic mass is 9.92. The molecule has 2 aliphatic heterocycles. The molecule has 0 saturated carbocycles. The molecule has 1 atom stereocenters. The van der Waals surface area contributed by atoms with Crippen LogP contribution in [0.5, 0.6) is 0 Å². The lowest BCUT2D eigenvalue weighted by Gasteiger charge is -2.42. The van der Waals surface area contributed by atoms with Gasteiger partial charge in [-0.3, -0.25) is 9.69 Å². The summed E-state index contributed by atoms with van der Waals surface area (Å²) in [6.45, 7) is 6.51. The van der Waals surface area contributed by atoms with Gasteiger partial charge in [-0.05, 0) is 50.4 Å². The maximum absolute atomic E-state index is 13.0. The predicted octanol–water partition coefficient (Wildman–Crippen LogP) is 2.43. The highest BCUT2D eigenvalue weighted by Crippen LogP contribution is 2.31. The molecule has 0 aliphatic carbocycles. The standard InChI is InChI=1S/C18H25FN2O2/c1-2-21-14-18(23-13-17(21)22)8-3-10-20(11-9-18)12-15-4-6-16(19)7-5-15/h4-7H,2-3,8-14H2,1H3/t18-/m1/s1. The van der Waals surface area contributed by atoms with Gasteiger partial charge in [0.2, 0.25) is 5.91 Å². The van der Waals surface area contributed by atoms with Gasteiger partial charge in [-0.15, -0.1) is 0 Å². The smallest absolute Gasteiger partial charge is 0.248 e. The zero-order chi connectivity index (χ0) is 16.3. The summed E-state index contributed by atoms with van der Waals surface area (Å²) in [4.78, 5) is 16.1. The first kappa shape index (κ1) is 16.4. The molecule has 4 nitrogen and oxygen atoms in total. The van der Waals surface area contributed by atoms with Gasteiger partial charge < -0.3 is 9.64 Å². The highest BCUT2D eigenvalue weighted by Gasteiger charge is 2.40. The average Bonchev–Trinajstić information content (AvgIpc) is 2.75. The Balaban J connectivity index is 1.60. The molecule has 1 amide bonds. The van der Waals surface area contributed by atoms with Gasteiger partial charge in [-0.25, -0.2) is 4.39 Å². The number of hydrogen-bond acceptors (Lipinski definition) is 3. The van der Waals surface area contributed by atoms with Crippen molar-refractivity contribution in [2.24, 2.45) is 0 Å². The Morgan fingerprint density at radius 2 is 2.00 bits per heavy atom. The second-order valence-corrected chi connectivity index (χ2v) is 6.64. The summed E-state index contributed by atoms with van der Waals surface area (Å²) >= 11 is 0. The number of nitrogens with zero attached hydrogens (tertiary/aromatic N) is 2. The van der Waals surface area contributed by atoms with Crippen LogP contribution < -0.4 is 0 Å². The van der Waals surface area contributed by atoms with E-state index in [1.807, 2.05) is 24.0 Å². The van der Waals surface area contributed by atoms with Crippen LogP contribution >= 0.6 is 0 Å². The maximum Gasteiger partial charge on any atom is 0.248 e. The molecule has 0 unspecified atom stereocenters. The first-order chi connectivity index (χ1) is 11.1. The minimum atomic E-state index is -0.191. The number of rotatable bonds is 3. The summed E-state index contributed by atoms with van der Waals surface area (Å²) in [5, 5.41) is 0. The number of carbonyl (C=O) groups excluding carboxylic acids is 1. The number of halogens is 1. The molecule has 1 aromatic rings. The van der Waals surface area contributed by atoms with Crippen molar-refractivity contribution in [1.29, 1.82) is 0 Å². The van der Waals surface area contributed by atoms with Crippen molar-refractivity contribution in [3.63, 3.8) is 0 Å². The van der Waals surface area contributed by atoms with E-state index in [-0.39, 0.29) is 23.9 Å². The number of ether oxygens (including phenoxy) is 1. The second kappa shape index (κ2) is 6.97. The van der Waals surface area contributed by atoms with E-state index in [2.05, 4.69) is 4.90 Å². The number of amides is 1. The van der Waals surface area contributed by atoms with E-state index >= 15 is 0 Å². The van der Waals surface area contributed by atoms with Gasteiger partial charge in [0.05, 0.1) is 5.60 Å². The van der Waals surface area contributed by atoms with Crippen molar-refractivity contribution in [2.75, 3.05) is 32.8 Å². The third-order valence-corrected chi connectivity index (χ3v) is 5.03. The second-order valence-electron chi connectivity index (χ2n) is 6.64. The number of hydrogen-bond donors (Lipinski definition) is 0. The fourth-order valence-electron chi connectivity index (χ4n) is 3.61. The number of morpholine rings is 1. The van der Waals surface area contributed by atoms with Crippen molar-refractivity contribution in [1.82, 2.24) is 9.80 Å². The zero-order valence-corrected chi connectivity index (χ0v) is 13.8. The Morgan fingerprint density at radius 3 is 2.74 bits per heavy atom. The molecule has 2 saturated heterocycles. The van der Waals surface area contributed by atoms with E-state index in [4.69, 9.17) is 4.74 Å². The molecule has 0 bridgehead atoms. The molecule has 2 fully saturated rings. The minimum absolute atomic E-state index is 0.102. The Labute approximate surface area is 137 Å². The lowest BCUT2D eigenvalue weighted by molar-refractivity contribution is -0.165. The van der Waals surface area contributed by atoms with E-state index in [9.17, 15) is 9.18 Å². The number of likely N-dealkylation sites (tertiary alicyclic amines) is 1.